The number of pyridine rings is 1. The predicted molar refractivity (Wildman–Crippen MR) is 62.6 cm³/mol. The summed E-state index contributed by atoms with van der Waals surface area (Å²) in [5.74, 6) is 1.34. The highest BCUT2D eigenvalue weighted by Gasteiger charge is 2.15. The van der Waals surface area contributed by atoms with E-state index in [2.05, 4.69) is 15.2 Å². The summed E-state index contributed by atoms with van der Waals surface area (Å²) in [5, 5.41) is 8.01. The Morgan fingerprint density at radius 3 is 2.88 bits per heavy atom. The Bertz CT molecular complexity index is 480. The molecule has 6 nitrogen and oxygen atoms in total. The fourth-order valence-corrected chi connectivity index (χ4v) is 1.52. The topological polar surface area (TPSA) is 78.8 Å². The molecule has 0 bridgehead atoms. The van der Waals surface area contributed by atoms with Gasteiger partial charge < -0.3 is 10.5 Å². The van der Waals surface area contributed by atoms with Crippen LogP contribution in [-0.2, 0) is 6.54 Å². The molecule has 6 heteroatoms. The van der Waals surface area contributed by atoms with Gasteiger partial charge in [0.1, 0.15) is 5.75 Å². The molecule has 90 valence electrons. The maximum atomic E-state index is 5.81. The second-order valence-corrected chi connectivity index (χ2v) is 3.66. The van der Waals surface area contributed by atoms with Crippen molar-refractivity contribution in [2.45, 2.75) is 26.4 Å². The van der Waals surface area contributed by atoms with E-state index in [-0.39, 0.29) is 6.04 Å². The molecule has 1 atom stereocenters. The van der Waals surface area contributed by atoms with E-state index in [1.54, 1.807) is 18.5 Å². The first kappa shape index (κ1) is 11.5. The minimum Gasteiger partial charge on any atom is -0.423 e. The highest BCUT2D eigenvalue weighted by atomic mass is 16.5. The summed E-state index contributed by atoms with van der Waals surface area (Å²) in [7, 11) is 0. The maximum Gasteiger partial charge on any atom is 0.322 e. The Hall–Kier alpha value is -1.95. The molecule has 0 aliphatic heterocycles. The molecule has 0 radical (unpaired) electrons. The number of aromatic nitrogens is 4. The van der Waals surface area contributed by atoms with Crippen molar-refractivity contribution in [2.75, 3.05) is 0 Å². The van der Waals surface area contributed by atoms with Crippen molar-refractivity contribution in [3.8, 4) is 11.8 Å². The van der Waals surface area contributed by atoms with Gasteiger partial charge in [0.05, 0.1) is 12.2 Å². The van der Waals surface area contributed by atoms with Crippen molar-refractivity contribution < 1.29 is 4.74 Å². The number of nitrogens with two attached hydrogens (primary N) is 1. The molecule has 0 amide bonds. The molecule has 2 aromatic heterocycles. The van der Waals surface area contributed by atoms with Gasteiger partial charge in [0.2, 0.25) is 0 Å². The summed E-state index contributed by atoms with van der Waals surface area (Å²) >= 11 is 0. The van der Waals surface area contributed by atoms with Crippen LogP contribution >= 0.6 is 0 Å². The third kappa shape index (κ3) is 2.42. The molecule has 0 saturated heterocycles. The first-order valence-electron chi connectivity index (χ1n) is 5.49. The number of hydrogen-bond acceptors (Lipinski definition) is 5. The molecule has 2 rings (SSSR count). The van der Waals surface area contributed by atoms with E-state index in [1.165, 1.54) is 0 Å². The van der Waals surface area contributed by atoms with Crippen LogP contribution in [0.4, 0.5) is 0 Å². The average Bonchev–Trinajstić information content (AvgIpc) is 2.73. The highest BCUT2D eigenvalue weighted by Crippen LogP contribution is 2.20. The lowest BCUT2D eigenvalue weighted by atomic mass is 10.3. The Balaban J connectivity index is 2.28. The fraction of sp³-hybridized carbons (Fsp3) is 0.364. The number of hydrogen-bond donors (Lipinski definition) is 1. The Morgan fingerprint density at radius 1 is 1.47 bits per heavy atom. The fourth-order valence-electron chi connectivity index (χ4n) is 1.52. The summed E-state index contributed by atoms with van der Waals surface area (Å²) in [6.07, 6.45) is 3.31. The highest BCUT2D eigenvalue weighted by molar-refractivity contribution is 5.20. The van der Waals surface area contributed by atoms with E-state index in [9.17, 15) is 0 Å². The van der Waals surface area contributed by atoms with E-state index in [0.717, 1.165) is 0 Å². The number of ether oxygens (including phenoxy) is 1. The molecule has 2 heterocycles. The van der Waals surface area contributed by atoms with Gasteiger partial charge in [0.25, 0.3) is 0 Å². The Morgan fingerprint density at radius 2 is 2.29 bits per heavy atom. The minimum absolute atomic E-state index is 0.173. The van der Waals surface area contributed by atoms with Crippen LogP contribution < -0.4 is 10.5 Å². The van der Waals surface area contributed by atoms with Crippen LogP contribution in [0.3, 0.4) is 0 Å². The van der Waals surface area contributed by atoms with Gasteiger partial charge >= 0.3 is 6.01 Å². The van der Waals surface area contributed by atoms with Crippen LogP contribution in [0.1, 0.15) is 25.7 Å². The standard InChI is InChI=1S/C11H15N5O/c1-3-16-10(8(2)12)14-15-11(16)17-9-5-4-6-13-7-9/h4-8H,3,12H2,1-2H3/t8-/m1/s1. The third-order valence-electron chi connectivity index (χ3n) is 2.31. The monoisotopic (exact) mass is 233 g/mol. The number of rotatable bonds is 4. The minimum atomic E-state index is -0.173. The molecular formula is C11H15N5O. The van der Waals surface area contributed by atoms with Gasteiger partial charge in [-0.15, -0.1) is 5.10 Å². The van der Waals surface area contributed by atoms with Gasteiger partial charge in [0, 0.05) is 12.7 Å². The SMILES string of the molecule is CCn1c(Oc2cccnc2)nnc1[C@@H](C)N. The molecule has 0 saturated carbocycles. The summed E-state index contributed by atoms with van der Waals surface area (Å²) in [5.41, 5.74) is 5.81. The molecule has 2 N–H and O–H groups in total. The van der Waals surface area contributed by atoms with E-state index in [1.807, 2.05) is 24.5 Å². The second-order valence-electron chi connectivity index (χ2n) is 3.66. The smallest absolute Gasteiger partial charge is 0.322 e. The molecule has 0 aliphatic carbocycles. The van der Waals surface area contributed by atoms with E-state index < -0.39 is 0 Å². The van der Waals surface area contributed by atoms with Crippen LogP contribution in [0.5, 0.6) is 11.8 Å². The molecule has 0 unspecified atom stereocenters. The van der Waals surface area contributed by atoms with Crippen molar-refractivity contribution >= 4 is 0 Å². The third-order valence-corrected chi connectivity index (χ3v) is 2.31. The van der Waals surface area contributed by atoms with Gasteiger partial charge in [-0.1, -0.05) is 5.10 Å². The quantitative estimate of drug-likeness (QED) is 0.865. The summed E-state index contributed by atoms with van der Waals surface area (Å²) in [6, 6.07) is 3.88. The normalized spacial score (nSPS) is 12.4. The first-order chi connectivity index (χ1) is 8.22. The maximum absolute atomic E-state index is 5.81. The predicted octanol–water partition coefficient (Wildman–Crippen LogP) is 1.50. The summed E-state index contributed by atoms with van der Waals surface area (Å²) in [4.78, 5) is 3.97. The lowest BCUT2D eigenvalue weighted by molar-refractivity contribution is 0.407. The van der Waals surface area contributed by atoms with Crippen molar-refractivity contribution in [1.29, 1.82) is 0 Å². The molecular weight excluding hydrogens is 218 g/mol. The molecule has 0 spiro atoms. The van der Waals surface area contributed by atoms with Gasteiger partial charge in [0.15, 0.2) is 5.82 Å². The van der Waals surface area contributed by atoms with Crippen molar-refractivity contribution in [3.05, 3.63) is 30.4 Å². The van der Waals surface area contributed by atoms with E-state index in [0.29, 0.717) is 24.1 Å². The van der Waals surface area contributed by atoms with Crippen molar-refractivity contribution in [3.63, 3.8) is 0 Å². The van der Waals surface area contributed by atoms with Gasteiger partial charge in [-0.2, -0.15) is 0 Å². The van der Waals surface area contributed by atoms with Crippen molar-refractivity contribution in [1.82, 2.24) is 19.7 Å². The Kier molecular flexibility index (Phi) is 3.34. The second kappa shape index (κ2) is 4.92. The molecule has 2 aromatic rings. The zero-order valence-electron chi connectivity index (χ0n) is 9.87. The van der Waals surface area contributed by atoms with Gasteiger partial charge in [-0.3, -0.25) is 9.55 Å². The van der Waals surface area contributed by atoms with Crippen LogP contribution in [0.25, 0.3) is 0 Å². The van der Waals surface area contributed by atoms with Crippen LogP contribution in [0, 0.1) is 0 Å². The van der Waals surface area contributed by atoms with Crippen LogP contribution in [0.15, 0.2) is 24.5 Å². The molecule has 0 aromatic carbocycles. The van der Waals surface area contributed by atoms with Crippen molar-refractivity contribution in [2.24, 2.45) is 5.73 Å². The lowest BCUT2D eigenvalue weighted by Gasteiger charge is -2.09. The zero-order valence-corrected chi connectivity index (χ0v) is 9.87. The van der Waals surface area contributed by atoms with Crippen LogP contribution in [-0.4, -0.2) is 19.7 Å². The lowest BCUT2D eigenvalue weighted by Crippen LogP contribution is -2.13. The van der Waals surface area contributed by atoms with E-state index >= 15 is 0 Å². The summed E-state index contributed by atoms with van der Waals surface area (Å²) in [6.45, 7) is 4.56. The largest absolute Gasteiger partial charge is 0.423 e. The van der Waals surface area contributed by atoms with Gasteiger partial charge in [-0.05, 0) is 26.0 Å². The first-order valence-corrected chi connectivity index (χ1v) is 5.49. The van der Waals surface area contributed by atoms with E-state index in [4.69, 9.17) is 10.5 Å². The molecule has 17 heavy (non-hydrogen) atoms. The molecule has 0 aliphatic rings. The van der Waals surface area contributed by atoms with Crippen LogP contribution in [0.2, 0.25) is 0 Å². The summed E-state index contributed by atoms with van der Waals surface area (Å²) < 4.78 is 7.45. The molecule has 0 fully saturated rings. The number of nitrogens with zero attached hydrogens (tertiary/aromatic N) is 4. The Labute approximate surface area is 99.4 Å². The average molecular weight is 233 g/mol. The van der Waals surface area contributed by atoms with Gasteiger partial charge in [-0.25, -0.2) is 0 Å². The zero-order chi connectivity index (χ0) is 12.3.